The molecule has 62 valence electrons. The van der Waals surface area contributed by atoms with Crippen molar-refractivity contribution in [3.05, 3.63) is 24.3 Å². The molecule has 1 rings (SSSR count). The van der Waals surface area contributed by atoms with Gasteiger partial charge in [-0.1, -0.05) is 38.2 Å². The molecular formula is C10H16O. The topological polar surface area (TPSA) is 9.23 Å². The largest absolute Gasteiger partial charge is 0.374 e. The van der Waals surface area contributed by atoms with Crippen molar-refractivity contribution in [1.29, 1.82) is 0 Å². The lowest BCUT2D eigenvalue weighted by Gasteiger charge is -2.33. The number of allylic oxidation sites excluding steroid dienone is 2. The third-order valence-corrected chi connectivity index (χ3v) is 2.42. The molecule has 1 aliphatic carbocycles. The molecule has 0 aromatic heterocycles. The van der Waals surface area contributed by atoms with Gasteiger partial charge in [0.1, 0.15) is 0 Å². The molecule has 0 aromatic rings. The molecule has 1 heteroatoms. The number of hydrogen-bond acceptors (Lipinski definition) is 1. The molecule has 0 saturated heterocycles. The SMILES string of the molecule is COC1(C(C)C)C=CC=CC1. The van der Waals surface area contributed by atoms with Crippen LogP contribution in [0.3, 0.4) is 0 Å². The van der Waals surface area contributed by atoms with E-state index in [1.165, 1.54) is 0 Å². The quantitative estimate of drug-likeness (QED) is 0.591. The highest BCUT2D eigenvalue weighted by Crippen LogP contribution is 2.29. The summed E-state index contributed by atoms with van der Waals surface area (Å²) in [6.07, 6.45) is 9.44. The summed E-state index contributed by atoms with van der Waals surface area (Å²) in [5, 5.41) is 0. The molecule has 0 amide bonds. The van der Waals surface area contributed by atoms with Crippen LogP contribution in [0.15, 0.2) is 24.3 Å². The Kier molecular flexibility index (Phi) is 2.50. The van der Waals surface area contributed by atoms with E-state index in [4.69, 9.17) is 4.74 Å². The van der Waals surface area contributed by atoms with Crippen molar-refractivity contribution in [3.63, 3.8) is 0 Å². The third-order valence-electron chi connectivity index (χ3n) is 2.42. The van der Waals surface area contributed by atoms with Gasteiger partial charge in [-0.25, -0.2) is 0 Å². The van der Waals surface area contributed by atoms with Crippen molar-refractivity contribution >= 4 is 0 Å². The lowest BCUT2D eigenvalue weighted by molar-refractivity contribution is -0.00437. The predicted molar refractivity (Wildman–Crippen MR) is 47.5 cm³/mol. The molecule has 1 aliphatic rings. The minimum Gasteiger partial charge on any atom is -0.374 e. The van der Waals surface area contributed by atoms with Crippen molar-refractivity contribution in [3.8, 4) is 0 Å². The molecule has 0 aliphatic heterocycles. The molecule has 0 bridgehead atoms. The monoisotopic (exact) mass is 152 g/mol. The van der Waals surface area contributed by atoms with E-state index in [2.05, 4.69) is 38.2 Å². The highest BCUT2D eigenvalue weighted by molar-refractivity contribution is 5.19. The molecule has 0 radical (unpaired) electrons. The maximum absolute atomic E-state index is 5.50. The fourth-order valence-corrected chi connectivity index (χ4v) is 1.43. The van der Waals surface area contributed by atoms with Crippen molar-refractivity contribution in [2.75, 3.05) is 7.11 Å². The molecular weight excluding hydrogens is 136 g/mol. The van der Waals surface area contributed by atoms with Crippen LogP contribution in [0.1, 0.15) is 20.3 Å². The Morgan fingerprint density at radius 2 is 2.09 bits per heavy atom. The first-order chi connectivity index (χ1) is 5.21. The average Bonchev–Trinajstić information content (AvgIpc) is 2.05. The first-order valence-corrected chi connectivity index (χ1v) is 4.11. The lowest BCUT2D eigenvalue weighted by Crippen LogP contribution is -2.35. The van der Waals surface area contributed by atoms with Gasteiger partial charge in [-0.05, 0) is 12.3 Å². The van der Waals surface area contributed by atoms with E-state index < -0.39 is 0 Å². The molecule has 11 heavy (non-hydrogen) atoms. The lowest BCUT2D eigenvalue weighted by atomic mass is 9.84. The molecule has 1 nitrogen and oxygen atoms in total. The zero-order chi connectivity index (χ0) is 8.32. The molecule has 1 atom stereocenters. The minimum atomic E-state index is -0.0469. The van der Waals surface area contributed by atoms with Crippen LogP contribution in [0, 0.1) is 5.92 Å². The Balaban J connectivity index is 2.77. The summed E-state index contributed by atoms with van der Waals surface area (Å²) in [5.74, 6) is 0.536. The van der Waals surface area contributed by atoms with Crippen LogP contribution in [0.2, 0.25) is 0 Å². The normalized spacial score (nSPS) is 29.8. The zero-order valence-electron chi connectivity index (χ0n) is 7.50. The van der Waals surface area contributed by atoms with Crippen LogP contribution >= 0.6 is 0 Å². The molecule has 0 N–H and O–H groups in total. The van der Waals surface area contributed by atoms with Crippen LogP contribution in [0.4, 0.5) is 0 Å². The minimum absolute atomic E-state index is 0.0469. The van der Waals surface area contributed by atoms with E-state index in [0.717, 1.165) is 6.42 Å². The molecule has 0 aromatic carbocycles. The number of ether oxygens (including phenoxy) is 1. The smallest absolute Gasteiger partial charge is 0.0918 e. The summed E-state index contributed by atoms with van der Waals surface area (Å²) in [4.78, 5) is 0. The fourth-order valence-electron chi connectivity index (χ4n) is 1.43. The Morgan fingerprint density at radius 1 is 1.36 bits per heavy atom. The zero-order valence-corrected chi connectivity index (χ0v) is 7.50. The van der Waals surface area contributed by atoms with Gasteiger partial charge in [0.05, 0.1) is 5.60 Å². The Hall–Kier alpha value is -0.560. The van der Waals surface area contributed by atoms with E-state index >= 15 is 0 Å². The van der Waals surface area contributed by atoms with E-state index in [9.17, 15) is 0 Å². The molecule has 0 spiro atoms. The van der Waals surface area contributed by atoms with E-state index in [1.54, 1.807) is 7.11 Å². The summed E-state index contributed by atoms with van der Waals surface area (Å²) in [5.41, 5.74) is -0.0469. The van der Waals surface area contributed by atoms with E-state index in [0.29, 0.717) is 5.92 Å². The van der Waals surface area contributed by atoms with Crippen molar-refractivity contribution in [2.24, 2.45) is 5.92 Å². The second kappa shape index (κ2) is 3.22. The highest BCUT2D eigenvalue weighted by Gasteiger charge is 2.30. The standard InChI is InChI=1S/C10H16O/c1-9(2)10(11-3)7-5-4-6-8-10/h4-7,9H,8H2,1-3H3. The Labute approximate surface area is 68.8 Å². The predicted octanol–water partition coefficient (Wildman–Crippen LogP) is 2.54. The van der Waals surface area contributed by atoms with Gasteiger partial charge in [0.2, 0.25) is 0 Å². The van der Waals surface area contributed by atoms with Gasteiger partial charge in [0, 0.05) is 7.11 Å². The van der Waals surface area contributed by atoms with Crippen LogP contribution in [0.5, 0.6) is 0 Å². The van der Waals surface area contributed by atoms with Crippen molar-refractivity contribution in [1.82, 2.24) is 0 Å². The summed E-state index contributed by atoms with van der Waals surface area (Å²) in [6.45, 7) is 4.38. The molecule has 1 unspecified atom stereocenters. The van der Waals surface area contributed by atoms with Gasteiger partial charge in [0.15, 0.2) is 0 Å². The third kappa shape index (κ3) is 1.54. The van der Waals surface area contributed by atoms with Gasteiger partial charge in [0.25, 0.3) is 0 Å². The second-order valence-corrected chi connectivity index (χ2v) is 3.31. The van der Waals surface area contributed by atoms with Gasteiger partial charge < -0.3 is 4.74 Å². The van der Waals surface area contributed by atoms with Crippen LogP contribution < -0.4 is 0 Å². The number of hydrogen-bond donors (Lipinski definition) is 0. The average molecular weight is 152 g/mol. The summed E-state index contributed by atoms with van der Waals surface area (Å²) >= 11 is 0. The van der Waals surface area contributed by atoms with Crippen LogP contribution in [-0.4, -0.2) is 12.7 Å². The van der Waals surface area contributed by atoms with Crippen molar-refractivity contribution in [2.45, 2.75) is 25.9 Å². The summed E-state index contributed by atoms with van der Waals surface area (Å²) in [7, 11) is 1.78. The first-order valence-electron chi connectivity index (χ1n) is 4.11. The highest BCUT2D eigenvalue weighted by atomic mass is 16.5. The van der Waals surface area contributed by atoms with E-state index in [-0.39, 0.29) is 5.60 Å². The van der Waals surface area contributed by atoms with Crippen molar-refractivity contribution < 1.29 is 4.74 Å². The summed E-state index contributed by atoms with van der Waals surface area (Å²) in [6, 6.07) is 0. The van der Waals surface area contributed by atoms with Gasteiger partial charge in [-0.2, -0.15) is 0 Å². The van der Waals surface area contributed by atoms with Gasteiger partial charge in [-0.3, -0.25) is 0 Å². The molecule has 0 fully saturated rings. The Bertz CT molecular complexity index is 179. The number of rotatable bonds is 2. The van der Waals surface area contributed by atoms with Crippen LogP contribution in [-0.2, 0) is 4.74 Å². The second-order valence-electron chi connectivity index (χ2n) is 3.31. The van der Waals surface area contributed by atoms with Gasteiger partial charge >= 0.3 is 0 Å². The maximum atomic E-state index is 5.50. The van der Waals surface area contributed by atoms with Crippen LogP contribution in [0.25, 0.3) is 0 Å². The Morgan fingerprint density at radius 3 is 2.36 bits per heavy atom. The first kappa shape index (κ1) is 8.54. The van der Waals surface area contributed by atoms with E-state index in [1.807, 2.05) is 0 Å². The fraction of sp³-hybridized carbons (Fsp3) is 0.600. The molecule has 0 heterocycles. The molecule has 0 saturated carbocycles. The van der Waals surface area contributed by atoms with Gasteiger partial charge in [-0.15, -0.1) is 0 Å². The maximum Gasteiger partial charge on any atom is 0.0918 e. The number of methoxy groups -OCH3 is 1. The summed E-state index contributed by atoms with van der Waals surface area (Å²) < 4.78 is 5.50.